The van der Waals surface area contributed by atoms with Gasteiger partial charge in [-0.25, -0.2) is 22.7 Å². The minimum absolute atomic E-state index is 0.0928. The Morgan fingerprint density at radius 3 is 2.70 bits per heavy atom. The number of carbonyl (C=O) groups is 1. The van der Waals surface area contributed by atoms with Crippen molar-refractivity contribution in [2.24, 2.45) is 7.05 Å². The first-order chi connectivity index (χ1) is 15.9. The number of amides is 1. The number of hydrogen-bond donors (Lipinski definition) is 0. The first-order valence-electron chi connectivity index (χ1n) is 10.8. The molecule has 2 aliphatic heterocycles. The van der Waals surface area contributed by atoms with E-state index in [0.29, 0.717) is 29.1 Å². The number of aromatic nitrogens is 5. The molecule has 0 radical (unpaired) electrons. The standard InChI is InChI=1S/C23H19F3N6O/c1-30-22(12-9-15(24)20(26)16(25)10-12)14-11-13-3-2-4-18(21(14)29-30)32(13)23(33)17-6-8-31-19(28-17)5-7-27-31/h5-10,13,18H,2-4,11H2,1H3. The van der Waals surface area contributed by atoms with Gasteiger partial charge in [-0.15, -0.1) is 0 Å². The van der Waals surface area contributed by atoms with Crippen molar-refractivity contribution < 1.29 is 18.0 Å². The minimum Gasteiger partial charge on any atom is -0.325 e. The fraction of sp³-hybridized carbons (Fsp3) is 0.304. The van der Waals surface area contributed by atoms with Gasteiger partial charge in [0.25, 0.3) is 5.91 Å². The molecule has 0 spiro atoms. The van der Waals surface area contributed by atoms with Crippen molar-refractivity contribution in [1.82, 2.24) is 29.3 Å². The van der Waals surface area contributed by atoms with Crippen LogP contribution < -0.4 is 0 Å². The molecule has 1 saturated heterocycles. The van der Waals surface area contributed by atoms with Crippen LogP contribution in [0, 0.1) is 17.5 Å². The normalized spacial score (nSPS) is 19.7. The molecule has 168 valence electrons. The van der Waals surface area contributed by atoms with E-state index in [4.69, 9.17) is 0 Å². The first kappa shape index (κ1) is 20.0. The molecule has 1 aromatic carbocycles. The van der Waals surface area contributed by atoms with Crippen LogP contribution in [0.25, 0.3) is 16.9 Å². The molecule has 0 N–H and O–H groups in total. The second-order valence-corrected chi connectivity index (χ2v) is 8.55. The molecule has 1 amide bonds. The number of halogens is 3. The lowest BCUT2D eigenvalue weighted by Gasteiger charge is -2.45. The first-order valence-corrected chi connectivity index (χ1v) is 10.8. The number of fused-ring (bicyclic) bond motifs is 5. The van der Waals surface area contributed by atoms with Gasteiger partial charge in [-0.2, -0.15) is 10.2 Å². The minimum atomic E-state index is -1.49. The average Bonchev–Trinajstić information content (AvgIpc) is 3.39. The monoisotopic (exact) mass is 452 g/mol. The molecule has 5 heterocycles. The molecule has 0 aliphatic carbocycles. The highest BCUT2D eigenvalue weighted by molar-refractivity contribution is 5.93. The largest absolute Gasteiger partial charge is 0.325 e. The number of carbonyl (C=O) groups excluding carboxylic acids is 1. The van der Waals surface area contributed by atoms with Crippen LogP contribution in [-0.2, 0) is 13.5 Å². The number of aryl methyl sites for hydroxylation is 1. The van der Waals surface area contributed by atoms with Gasteiger partial charge in [0, 0.05) is 36.5 Å². The molecule has 6 rings (SSSR count). The zero-order valence-electron chi connectivity index (χ0n) is 17.7. The molecule has 3 aromatic heterocycles. The molecular weight excluding hydrogens is 433 g/mol. The van der Waals surface area contributed by atoms with E-state index < -0.39 is 17.5 Å². The summed E-state index contributed by atoms with van der Waals surface area (Å²) in [7, 11) is 1.69. The molecule has 10 heteroatoms. The summed E-state index contributed by atoms with van der Waals surface area (Å²) >= 11 is 0. The Morgan fingerprint density at radius 2 is 1.91 bits per heavy atom. The third-order valence-corrected chi connectivity index (χ3v) is 6.64. The fourth-order valence-corrected chi connectivity index (χ4v) is 5.27. The van der Waals surface area contributed by atoms with E-state index in [-0.39, 0.29) is 23.6 Å². The van der Waals surface area contributed by atoms with Gasteiger partial charge in [0.15, 0.2) is 23.1 Å². The molecule has 2 bridgehead atoms. The smallest absolute Gasteiger partial charge is 0.273 e. The molecule has 1 fully saturated rings. The summed E-state index contributed by atoms with van der Waals surface area (Å²) in [6.45, 7) is 0. The molecule has 33 heavy (non-hydrogen) atoms. The highest BCUT2D eigenvalue weighted by Gasteiger charge is 2.44. The van der Waals surface area contributed by atoms with E-state index >= 15 is 0 Å². The Labute approximate surface area is 186 Å². The number of benzene rings is 1. The number of rotatable bonds is 2. The van der Waals surface area contributed by atoms with Gasteiger partial charge in [0.05, 0.1) is 23.6 Å². The Kier molecular flexibility index (Phi) is 4.33. The van der Waals surface area contributed by atoms with Gasteiger partial charge in [0.1, 0.15) is 5.69 Å². The Morgan fingerprint density at radius 1 is 1.12 bits per heavy atom. The van der Waals surface area contributed by atoms with Crippen molar-refractivity contribution >= 4 is 11.6 Å². The molecule has 4 aromatic rings. The summed E-state index contributed by atoms with van der Waals surface area (Å²) in [6, 6.07) is 5.02. The van der Waals surface area contributed by atoms with Crippen LogP contribution in [-0.4, -0.2) is 41.2 Å². The van der Waals surface area contributed by atoms with E-state index in [0.717, 1.165) is 37.0 Å². The quantitative estimate of drug-likeness (QED) is 0.434. The van der Waals surface area contributed by atoms with Gasteiger partial charge in [-0.05, 0) is 43.9 Å². The van der Waals surface area contributed by atoms with Gasteiger partial charge >= 0.3 is 0 Å². The van der Waals surface area contributed by atoms with Gasteiger partial charge in [0.2, 0.25) is 0 Å². The highest BCUT2D eigenvalue weighted by atomic mass is 19.2. The van der Waals surface area contributed by atoms with E-state index in [1.165, 1.54) is 0 Å². The van der Waals surface area contributed by atoms with Crippen LogP contribution in [0.1, 0.15) is 47.1 Å². The molecule has 2 unspecified atom stereocenters. The number of nitrogens with zero attached hydrogens (tertiary/aromatic N) is 6. The topological polar surface area (TPSA) is 68.3 Å². The lowest BCUT2D eigenvalue weighted by molar-refractivity contribution is 0.0386. The van der Waals surface area contributed by atoms with E-state index in [1.54, 1.807) is 40.8 Å². The number of piperidine rings is 1. The highest BCUT2D eigenvalue weighted by Crippen LogP contribution is 2.45. The Bertz CT molecular complexity index is 1400. The van der Waals surface area contributed by atoms with Crippen LogP contribution in [0.5, 0.6) is 0 Å². The van der Waals surface area contributed by atoms with Crippen LogP contribution in [0.4, 0.5) is 13.2 Å². The predicted molar refractivity (Wildman–Crippen MR) is 112 cm³/mol. The zero-order chi connectivity index (χ0) is 22.9. The molecule has 7 nitrogen and oxygen atoms in total. The van der Waals surface area contributed by atoms with Crippen LogP contribution in [0.15, 0.2) is 36.7 Å². The van der Waals surface area contributed by atoms with E-state index in [9.17, 15) is 18.0 Å². The predicted octanol–water partition coefficient (Wildman–Crippen LogP) is 3.84. The second kappa shape index (κ2) is 7.16. The van der Waals surface area contributed by atoms with Crippen molar-refractivity contribution in [2.75, 3.05) is 0 Å². The molecule has 2 aliphatic rings. The Balaban J connectivity index is 1.43. The average molecular weight is 452 g/mol. The van der Waals surface area contributed by atoms with Crippen LogP contribution in [0.2, 0.25) is 0 Å². The maximum atomic E-state index is 14.0. The number of hydrogen-bond acceptors (Lipinski definition) is 4. The maximum absolute atomic E-state index is 14.0. The van der Waals surface area contributed by atoms with Crippen molar-refractivity contribution in [2.45, 2.75) is 37.8 Å². The van der Waals surface area contributed by atoms with Crippen molar-refractivity contribution in [3.05, 3.63) is 71.1 Å². The maximum Gasteiger partial charge on any atom is 0.273 e. The van der Waals surface area contributed by atoms with E-state index in [2.05, 4.69) is 15.2 Å². The summed E-state index contributed by atoms with van der Waals surface area (Å²) < 4.78 is 44.6. The third-order valence-electron chi connectivity index (χ3n) is 6.64. The molecule has 2 atom stereocenters. The SMILES string of the molecule is Cn1nc2c(c1-c1cc(F)c(F)c(F)c1)CC1CCCC2N1C(=O)c1ccn2nccc2n1. The zero-order valence-corrected chi connectivity index (χ0v) is 17.7. The van der Waals surface area contributed by atoms with Crippen molar-refractivity contribution in [3.63, 3.8) is 0 Å². The summed E-state index contributed by atoms with van der Waals surface area (Å²) in [5, 5.41) is 8.76. The molecular formula is C23H19F3N6O. The van der Waals surface area contributed by atoms with Gasteiger partial charge in [-0.1, -0.05) is 0 Å². The fourth-order valence-electron chi connectivity index (χ4n) is 5.27. The van der Waals surface area contributed by atoms with Gasteiger partial charge < -0.3 is 4.90 Å². The van der Waals surface area contributed by atoms with Crippen molar-refractivity contribution in [1.29, 1.82) is 0 Å². The lowest BCUT2D eigenvalue weighted by Crippen LogP contribution is -2.50. The van der Waals surface area contributed by atoms with Crippen LogP contribution >= 0.6 is 0 Å². The summed E-state index contributed by atoms with van der Waals surface area (Å²) in [5.74, 6) is -4.15. The van der Waals surface area contributed by atoms with E-state index in [1.807, 2.05) is 4.90 Å². The summed E-state index contributed by atoms with van der Waals surface area (Å²) in [4.78, 5) is 19.8. The third kappa shape index (κ3) is 2.96. The molecule has 0 saturated carbocycles. The summed E-state index contributed by atoms with van der Waals surface area (Å²) in [6.07, 6.45) is 6.30. The second-order valence-electron chi connectivity index (χ2n) is 8.55. The van der Waals surface area contributed by atoms with Crippen molar-refractivity contribution in [3.8, 4) is 11.3 Å². The van der Waals surface area contributed by atoms with Gasteiger partial charge in [-0.3, -0.25) is 9.48 Å². The lowest BCUT2D eigenvalue weighted by atomic mass is 9.81. The van der Waals surface area contributed by atoms with Crippen LogP contribution in [0.3, 0.4) is 0 Å². The Hall–Kier alpha value is -3.69. The summed E-state index contributed by atoms with van der Waals surface area (Å²) in [5.41, 5.74) is 3.26.